The molecule has 0 aliphatic carbocycles. The Bertz CT molecular complexity index is 547. The first-order chi connectivity index (χ1) is 7.09. The van der Waals surface area contributed by atoms with Crippen molar-refractivity contribution < 1.29 is 4.92 Å². The van der Waals surface area contributed by atoms with E-state index >= 15 is 0 Å². The van der Waals surface area contributed by atoms with Crippen LogP contribution in [-0.4, -0.2) is 4.92 Å². The number of nitro groups is 1. The minimum atomic E-state index is -0.360. The highest BCUT2D eigenvalue weighted by Crippen LogP contribution is 2.26. The van der Waals surface area contributed by atoms with Crippen molar-refractivity contribution in [1.29, 1.82) is 0 Å². The Labute approximate surface area is 87.5 Å². The van der Waals surface area contributed by atoms with Gasteiger partial charge in [0.25, 0.3) is 5.69 Å². The highest BCUT2D eigenvalue weighted by molar-refractivity contribution is 5.90. The van der Waals surface area contributed by atoms with E-state index in [0.717, 1.165) is 21.9 Å². The first-order valence-electron chi connectivity index (χ1n) is 4.74. The van der Waals surface area contributed by atoms with Crippen LogP contribution in [-0.2, 0) is 0 Å². The second-order valence-electron chi connectivity index (χ2n) is 3.69. The number of hydrogen-bond acceptors (Lipinski definition) is 2. The summed E-state index contributed by atoms with van der Waals surface area (Å²) in [7, 11) is 0. The van der Waals surface area contributed by atoms with Crippen molar-refractivity contribution in [3.8, 4) is 0 Å². The fraction of sp³-hybridized carbons (Fsp3) is 0.167. The Morgan fingerprint density at radius 2 is 1.60 bits per heavy atom. The van der Waals surface area contributed by atoms with E-state index in [1.165, 1.54) is 0 Å². The van der Waals surface area contributed by atoms with Gasteiger partial charge in [-0.3, -0.25) is 10.1 Å². The first-order valence-corrected chi connectivity index (χ1v) is 4.74. The van der Waals surface area contributed by atoms with Gasteiger partial charge in [-0.15, -0.1) is 0 Å². The molecule has 0 saturated heterocycles. The minimum Gasteiger partial charge on any atom is -0.258 e. The van der Waals surface area contributed by atoms with Crippen molar-refractivity contribution in [2.24, 2.45) is 0 Å². The van der Waals surface area contributed by atoms with Gasteiger partial charge >= 0.3 is 0 Å². The predicted molar refractivity (Wildman–Crippen MR) is 60.1 cm³/mol. The second-order valence-corrected chi connectivity index (χ2v) is 3.69. The third-order valence-corrected chi connectivity index (χ3v) is 2.65. The van der Waals surface area contributed by atoms with Gasteiger partial charge in [0.15, 0.2) is 0 Å². The average molecular weight is 201 g/mol. The fourth-order valence-electron chi connectivity index (χ4n) is 1.75. The summed E-state index contributed by atoms with van der Waals surface area (Å²) in [5.74, 6) is 0. The van der Waals surface area contributed by atoms with Gasteiger partial charge in [-0.25, -0.2) is 0 Å². The molecule has 76 valence electrons. The summed E-state index contributed by atoms with van der Waals surface area (Å²) in [4.78, 5) is 10.3. The molecule has 0 atom stereocenters. The van der Waals surface area contributed by atoms with E-state index in [9.17, 15) is 10.1 Å². The molecule has 0 unspecified atom stereocenters. The fourth-order valence-corrected chi connectivity index (χ4v) is 1.75. The molecule has 0 radical (unpaired) electrons. The molecular formula is C12H11NO2. The van der Waals surface area contributed by atoms with Crippen molar-refractivity contribution in [3.05, 3.63) is 51.6 Å². The Hall–Kier alpha value is -1.90. The van der Waals surface area contributed by atoms with Crippen LogP contribution in [0.5, 0.6) is 0 Å². The summed E-state index contributed by atoms with van der Waals surface area (Å²) in [6, 6.07) is 9.02. The maximum absolute atomic E-state index is 10.6. The van der Waals surface area contributed by atoms with Crippen LogP contribution in [0.3, 0.4) is 0 Å². The SMILES string of the molecule is Cc1ccc(C)c2cc([N+](=O)[O-])ccc12. The maximum Gasteiger partial charge on any atom is 0.270 e. The van der Waals surface area contributed by atoms with E-state index in [1.54, 1.807) is 12.1 Å². The highest BCUT2D eigenvalue weighted by atomic mass is 16.6. The molecule has 0 amide bonds. The van der Waals surface area contributed by atoms with Gasteiger partial charge < -0.3 is 0 Å². The lowest BCUT2D eigenvalue weighted by Gasteiger charge is -2.04. The van der Waals surface area contributed by atoms with Gasteiger partial charge in [-0.1, -0.05) is 12.1 Å². The molecule has 2 aromatic rings. The zero-order valence-electron chi connectivity index (χ0n) is 8.65. The van der Waals surface area contributed by atoms with E-state index in [4.69, 9.17) is 0 Å². The van der Waals surface area contributed by atoms with Crippen LogP contribution in [0.15, 0.2) is 30.3 Å². The average Bonchev–Trinajstić information content (AvgIpc) is 2.23. The largest absolute Gasteiger partial charge is 0.270 e. The summed E-state index contributed by atoms with van der Waals surface area (Å²) < 4.78 is 0. The Kier molecular flexibility index (Phi) is 2.15. The standard InChI is InChI=1S/C12H11NO2/c1-8-3-4-9(2)12-7-10(13(14)15)5-6-11(8)12/h3-7H,1-2H3. The molecule has 15 heavy (non-hydrogen) atoms. The van der Waals surface area contributed by atoms with E-state index in [2.05, 4.69) is 0 Å². The number of non-ortho nitro benzene ring substituents is 1. The molecule has 0 heterocycles. The van der Waals surface area contributed by atoms with Crippen LogP contribution >= 0.6 is 0 Å². The summed E-state index contributed by atoms with van der Waals surface area (Å²) in [6.07, 6.45) is 0. The lowest BCUT2D eigenvalue weighted by Crippen LogP contribution is -1.89. The van der Waals surface area contributed by atoms with Crippen LogP contribution in [0.4, 0.5) is 5.69 Å². The van der Waals surface area contributed by atoms with Crippen LogP contribution in [0.1, 0.15) is 11.1 Å². The molecule has 0 spiro atoms. The third kappa shape index (κ3) is 1.56. The van der Waals surface area contributed by atoms with Crippen LogP contribution in [0.25, 0.3) is 10.8 Å². The van der Waals surface area contributed by atoms with E-state index < -0.39 is 0 Å². The van der Waals surface area contributed by atoms with Crippen LogP contribution in [0, 0.1) is 24.0 Å². The summed E-state index contributed by atoms with van der Waals surface area (Å²) in [5, 5.41) is 12.7. The van der Waals surface area contributed by atoms with Crippen LogP contribution < -0.4 is 0 Å². The number of nitro benzene ring substituents is 1. The lowest BCUT2D eigenvalue weighted by atomic mass is 10.0. The smallest absolute Gasteiger partial charge is 0.258 e. The number of nitrogens with zero attached hydrogens (tertiary/aromatic N) is 1. The number of rotatable bonds is 1. The Balaban J connectivity index is 2.81. The molecule has 3 heteroatoms. The minimum absolute atomic E-state index is 0.149. The van der Waals surface area contributed by atoms with Gasteiger partial charge in [0.2, 0.25) is 0 Å². The molecule has 0 aromatic heterocycles. The Morgan fingerprint density at radius 3 is 2.20 bits per heavy atom. The predicted octanol–water partition coefficient (Wildman–Crippen LogP) is 3.36. The monoisotopic (exact) mass is 201 g/mol. The molecule has 2 rings (SSSR count). The van der Waals surface area contributed by atoms with Crippen molar-refractivity contribution in [2.45, 2.75) is 13.8 Å². The molecule has 0 aliphatic heterocycles. The van der Waals surface area contributed by atoms with Gasteiger partial charge in [-0.05, 0) is 41.8 Å². The van der Waals surface area contributed by atoms with Gasteiger partial charge in [0.1, 0.15) is 0 Å². The number of aryl methyl sites for hydroxylation is 2. The van der Waals surface area contributed by atoms with Gasteiger partial charge in [0, 0.05) is 12.1 Å². The maximum atomic E-state index is 10.6. The number of hydrogen-bond donors (Lipinski definition) is 0. The zero-order chi connectivity index (χ0) is 11.0. The summed E-state index contributed by atoms with van der Waals surface area (Å²) in [5.41, 5.74) is 2.36. The third-order valence-electron chi connectivity index (χ3n) is 2.65. The van der Waals surface area contributed by atoms with Crippen molar-refractivity contribution in [3.63, 3.8) is 0 Å². The number of fused-ring (bicyclic) bond motifs is 1. The van der Waals surface area contributed by atoms with Gasteiger partial charge in [-0.2, -0.15) is 0 Å². The highest BCUT2D eigenvalue weighted by Gasteiger charge is 2.08. The van der Waals surface area contributed by atoms with Crippen LogP contribution in [0.2, 0.25) is 0 Å². The zero-order valence-corrected chi connectivity index (χ0v) is 8.65. The molecule has 2 aromatic carbocycles. The first kappa shape index (κ1) is 9.65. The Morgan fingerprint density at radius 1 is 1.00 bits per heavy atom. The van der Waals surface area contributed by atoms with Crippen molar-refractivity contribution in [2.75, 3.05) is 0 Å². The molecule has 3 nitrogen and oxygen atoms in total. The summed E-state index contributed by atoms with van der Waals surface area (Å²) >= 11 is 0. The van der Waals surface area contributed by atoms with E-state index in [0.29, 0.717) is 0 Å². The van der Waals surface area contributed by atoms with Crippen molar-refractivity contribution >= 4 is 16.5 Å². The molecule has 0 fully saturated rings. The number of benzene rings is 2. The quantitative estimate of drug-likeness (QED) is 0.524. The molecule has 0 saturated carbocycles. The second kappa shape index (κ2) is 3.35. The molecule has 0 aliphatic rings. The summed E-state index contributed by atoms with van der Waals surface area (Å²) in [6.45, 7) is 3.97. The topological polar surface area (TPSA) is 43.1 Å². The van der Waals surface area contributed by atoms with E-state index in [1.807, 2.05) is 32.0 Å². The normalized spacial score (nSPS) is 10.5. The lowest BCUT2D eigenvalue weighted by molar-refractivity contribution is -0.384. The molecule has 0 N–H and O–H groups in total. The molecule has 0 bridgehead atoms. The van der Waals surface area contributed by atoms with Gasteiger partial charge in [0.05, 0.1) is 4.92 Å². The molecular weight excluding hydrogens is 190 g/mol. The van der Waals surface area contributed by atoms with Crippen molar-refractivity contribution in [1.82, 2.24) is 0 Å². The van der Waals surface area contributed by atoms with E-state index in [-0.39, 0.29) is 10.6 Å².